The number of benzene rings is 1. The van der Waals surface area contributed by atoms with Crippen molar-refractivity contribution in [2.24, 2.45) is 0 Å². The standard InChI is InChI=1S/C18H24F3N6OP/c1-26-8-10-27(11-9-26)25-16-14(18(19,20)21)15(23-17(22)24-16)12-4-6-13(7-5-12)29(2,3)28/h4-7H,8-11H2,1-3H3,(H3,22,23,24,25). The molecule has 3 N–H and O–H groups in total. The van der Waals surface area contributed by atoms with Crippen LogP contribution in [0.2, 0.25) is 0 Å². The van der Waals surface area contributed by atoms with Gasteiger partial charge in [0.25, 0.3) is 0 Å². The summed E-state index contributed by atoms with van der Waals surface area (Å²) in [5, 5.41) is 2.27. The Morgan fingerprint density at radius 2 is 1.66 bits per heavy atom. The van der Waals surface area contributed by atoms with Crippen molar-refractivity contribution < 1.29 is 17.7 Å². The first-order valence-electron chi connectivity index (χ1n) is 9.06. The molecule has 0 spiro atoms. The average molecular weight is 428 g/mol. The number of hydrazine groups is 1. The number of likely N-dealkylation sites (N-methyl/N-ethyl adjacent to an activating group) is 1. The number of rotatable bonds is 4. The minimum absolute atomic E-state index is 0.227. The fraction of sp³-hybridized carbons (Fsp3) is 0.444. The van der Waals surface area contributed by atoms with E-state index in [1.165, 1.54) is 12.1 Å². The Balaban J connectivity index is 2.05. The highest BCUT2D eigenvalue weighted by Gasteiger charge is 2.39. The number of anilines is 2. The number of nitrogen functional groups attached to an aromatic ring is 1. The molecule has 11 heteroatoms. The van der Waals surface area contributed by atoms with E-state index in [1.54, 1.807) is 30.5 Å². The summed E-state index contributed by atoms with van der Waals surface area (Å²) in [6.07, 6.45) is -4.69. The van der Waals surface area contributed by atoms with E-state index in [4.69, 9.17) is 5.73 Å². The number of nitrogens with zero attached hydrogens (tertiary/aromatic N) is 4. The Morgan fingerprint density at radius 3 is 2.17 bits per heavy atom. The van der Waals surface area contributed by atoms with Gasteiger partial charge in [-0.05, 0) is 20.4 Å². The van der Waals surface area contributed by atoms with E-state index >= 15 is 0 Å². The average Bonchev–Trinajstić information content (AvgIpc) is 2.61. The largest absolute Gasteiger partial charge is 0.422 e. The van der Waals surface area contributed by atoms with E-state index in [1.807, 2.05) is 7.05 Å². The molecule has 0 amide bonds. The molecule has 0 atom stereocenters. The molecule has 1 aliphatic rings. The van der Waals surface area contributed by atoms with Crippen LogP contribution in [0, 0.1) is 0 Å². The Morgan fingerprint density at radius 1 is 1.07 bits per heavy atom. The summed E-state index contributed by atoms with van der Waals surface area (Å²) >= 11 is 0. The monoisotopic (exact) mass is 428 g/mol. The van der Waals surface area contributed by atoms with Crippen LogP contribution in [-0.2, 0) is 10.7 Å². The lowest BCUT2D eigenvalue weighted by Gasteiger charge is -2.33. The summed E-state index contributed by atoms with van der Waals surface area (Å²) in [6, 6.07) is 6.07. The third-order valence-electron chi connectivity index (χ3n) is 4.74. The topological polar surface area (TPSA) is 87.4 Å². The highest BCUT2D eigenvalue weighted by atomic mass is 31.2. The maximum atomic E-state index is 14.0. The quantitative estimate of drug-likeness (QED) is 0.724. The normalized spacial score (nSPS) is 16.8. The smallest absolute Gasteiger partial charge is 0.368 e. The first-order chi connectivity index (χ1) is 13.4. The van der Waals surface area contributed by atoms with E-state index in [0.717, 1.165) is 13.1 Å². The van der Waals surface area contributed by atoms with E-state index in [0.29, 0.717) is 18.4 Å². The molecule has 29 heavy (non-hydrogen) atoms. The van der Waals surface area contributed by atoms with Crippen LogP contribution in [-0.4, -0.2) is 66.4 Å². The zero-order valence-corrected chi connectivity index (χ0v) is 17.4. The van der Waals surface area contributed by atoms with Crippen LogP contribution in [0.5, 0.6) is 0 Å². The van der Waals surface area contributed by atoms with Crippen molar-refractivity contribution in [3.05, 3.63) is 29.8 Å². The lowest BCUT2D eigenvalue weighted by Crippen LogP contribution is -2.47. The molecule has 0 unspecified atom stereocenters. The molecular weight excluding hydrogens is 404 g/mol. The number of nitrogens with one attached hydrogen (secondary N) is 1. The zero-order chi connectivity index (χ0) is 21.4. The summed E-state index contributed by atoms with van der Waals surface area (Å²) in [5.41, 5.74) is 7.45. The summed E-state index contributed by atoms with van der Waals surface area (Å²) in [7, 11) is -0.572. The molecule has 0 saturated carbocycles. The molecule has 158 valence electrons. The first-order valence-corrected chi connectivity index (χ1v) is 11.7. The van der Waals surface area contributed by atoms with E-state index in [2.05, 4.69) is 20.3 Å². The lowest BCUT2D eigenvalue weighted by molar-refractivity contribution is -0.136. The van der Waals surface area contributed by atoms with Crippen LogP contribution in [0.3, 0.4) is 0 Å². The van der Waals surface area contributed by atoms with Crippen LogP contribution in [0.25, 0.3) is 11.3 Å². The van der Waals surface area contributed by atoms with Gasteiger partial charge >= 0.3 is 6.18 Å². The minimum Gasteiger partial charge on any atom is -0.368 e. The van der Waals surface area contributed by atoms with Crippen molar-refractivity contribution in [3.63, 3.8) is 0 Å². The van der Waals surface area contributed by atoms with Crippen molar-refractivity contribution >= 4 is 24.2 Å². The van der Waals surface area contributed by atoms with Gasteiger partial charge in [-0.15, -0.1) is 0 Å². The molecule has 0 radical (unpaired) electrons. The van der Waals surface area contributed by atoms with Gasteiger partial charge in [-0.2, -0.15) is 18.2 Å². The van der Waals surface area contributed by atoms with E-state index in [-0.39, 0.29) is 23.0 Å². The maximum Gasteiger partial charge on any atom is 0.422 e. The molecule has 7 nitrogen and oxygen atoms in total. The number of alkyl halides is 3. The summed E-state index contributed by atoms with van der Waals surface area (Å²) in [4.78, 5) is 9.80. The number of hydrogen-bond donors (Lipinski definition) is 2. The minimum atomic E-state index is -4.69. The van der Waals surface area contributed by atoms with Gasteiger partial charge in [0.05, 0.1) is 5.69 Å². The summed E-state index contributed by atoms with van der Waals surface area (Å²) < 4.78 is 54.1. The Kier molecular flexibility index (Phi) is 5.89. The zero-order valence-electron chi connectivity index (χ0n) is 16.5. The van der Waals surface area contributed by atoms with Gasteiger partial charge < -0.3 is 20.6 Å². The highest BCUT2D eigenvalue weighted by Crippen LogP contribution is 2.41. The van der Waals surface area contributed by atoms with E-state index in [9.17, 15) is 17.7 Å². The molecular formula is C18H24F3N6OP. The molecule has 0 bridgehead atoms. The summed E-state index contributed by atoms with van der Waals surface area (Å²) in [5.74, 6) is -0.629. The lowest BCUT2D eigenvalue weighted by atomic mass is 10.1. The van der Waals surface area contributed by atoms with Crippen molar-refractivity contribution in [3.8, 4) is 11.3 Å². The molecule has 1 aromatic carbocycles. The summed E-state index contributed by atoms with van der Waals surface area (Å²) in [6.45, 7) is 5.73. The second-order valence-corrected chi connectivity index (χ2v) is 10.7. The molecule has 0 aliphatic carbocycles. The van der Waals surface area contributed by atoms with Gasteiger partial charge in [-0.25, -0.2) is 9.99 Å². The molecule has 2 aromatic rings. The van der Waals surface area contributed by atoms with E-state index < -0.39 is 18.9 Å². The van der Waals surface area contributed by atoms with Crippen LogP contribution < -0.4 is 16.5 Å². The Labute approximate surface area is 167 Å². The third kappa shape index (κ3) is 5.07. The number of halogens is 3. The Bertz CT molecular complexity index is 920. The van der Waals surface area contributed by atoms with Gasteiger partial charge in [0.15, 0.2) is 5.82 Å². The maximum absolute atomic E-state index is 14.0. The van der Waals surface area contributed by atoms with Crippen LogP contribution >= 0.6 is 7.14 Å². The molecule has 1 saturated heterocycles. The highest BCUT2D eigenvalue weighted by molar-refractivity contribution is 7.70. The van der Waals surface area contributed by atoms with Crippen molar-refractivity contribution in [1.29, 1.82) is 0 Å². The SMILES string of the molecule is CN1CCN(Nc2nc(N)nc(-c3ccc(P(C)(C)=O)cc3)c2C(F)(F)F)CC1. The number of aromatic nitrogens is 2. The van der Waals surface area contributed by atoms with Gasteiger partial charge in [0.2, 0.25) is 5.95 Å². The number of nitrogens with two attached hydrogens (primary N) is 1. The van der Waals surface area contributed by atoms with Gasteiger partial charge in [-0.1, -0.05) is 24.3 Å². The van der Waals surface area contributed by atoms with Crippen LogP contribution in [0.15, 0.2) is 24.3 Å². The van der Waals surface area contributed by atoms with Crippen molar-refractivity contribution in [1.82, 2.24) is 19.9 Å². The predicted molar refractivity (Wildman–Crippen MR) is 109 cm³/mol. The second-order valence-electron chi connectivity index (χ2n) is 7.45. The molecule has 1 fully saturated rings. The fourth-order valence-electron chi connectivity index (χ4n) is 3.08. The molecule has 2 heterocycles. The van der Waals surface area contributed by atoms with Crippen molar-refractivity contribution in [2.45, 2.75) is 6.18 Å². The number of piperazine rings is 1. The number of hydrogen-bond acceptors (Lipinski definition) is 7. The van der Waals surface area contributed by atoms with Crippen LogP contribution in [0.4, 0.5) is 24.9 Å². The predicted octanol–water partition coefficient (Wildman–Crippen LogP) is 2.57. The second kappa shape index (κ2) is 7.93. The molecule has 1 aliphatic heterocycles. The third-order valence-corrected chi connectivity index (χ3v) is 6.28. The van der Waals surface area contributed by atoms with Gasteiger partial charge in [-0.3, -0.25) is 0 Å². The van der Waals surface area contributed by atoms with Crippen molar-refractivity contribution in [2.75, 3.05) is 57.7 Å². The van der Waals surface area contributed by atoms with Gasteiger partial charge in [0, 0.05) is 37.0 Å². The Hall–Kier alpha value is -2.16. The first kappa shape index (κ1) is 21.5. The molecule has 3 rings (SSSR count). The van der Waals surface area contributed by atoms with Crippen LogP contribution in [0.1, 0.15) is 5.56 Å². The van der Waals surface area contributed by atoms with Gasteiger partial charge in [0.1, 0.15) is 12.7 Å². The molecule has 1 aromatic heterocycles. The fourth-order valence-corrected chi connectivity index (χ4v) is 3.95.